The number of amides is 1. The fraction of sp³-hybridized carbons (Fsp3) is 0.533. The zero-order chi connectivity index (χ0) is 14.7. The number of piperidine rings is 1. The second-order valence-corrected chi connectivity index (χ2v) is 5.52. The molecule has 6 nitrogen and oxygen atoms in total. The van der Waals surface area contributed by atoms with Gasteiger partial charge in [-0.3, -0.25) is 9.69 Å². The van der Waals surface area contributed by atoms with Crippen LogP contribution in [-0.2, 0) is 4.79 Å². The molecule has 2 aliphatic heterocycles. The molecule has 0 atom stereocenters. The van der Waals surface area contributed by atoms with Gasteiger partial charge in [0.25, 0.3) is 0 Å². The Morgan fingerprint density at radius 2 is 1.91 bits per heavy atom. The van der Waals surface area contributed by atoms with Gasteiger partial charge in [-0.15, -0.1) is 12.4 Å². The Labute approximate surface area is 136 Å². The summed E-state index contributed by atoms with van der Waals surface area (Å²) in [6.45, 7) is 3.28. The lowest BCUT2D eigenvalue weighted by Crippen LogP contribution is -2.43. The van der Waals surface area contributed by atoms with Crippen LogP contribution in [0, 0.1) is 0 Å². The summed E-state index contributed by atoms with van der Waals surface area (Å²) in [5.74, 6) is 1.40. The van der Waals surface area contributed by atoms with Crippen LogP contribution in [0.5, 0.6) is 11.5 Å². The summed E-state index contributed by atoms with van der Waals surface area (Å²) in [6, 6.07) is 5.74. The molecule has 122 valence electrons. The molecule has 0 radical (unpaired) electrons. The molecule has 3 N–H and O–H groups in total. The fourth-order valence-corrected chi connectivity index (χ4v) is 2.64. The number of halogens is 1. The zero-order valence-corrected chi connectivity index (χ0v) is 13.2. The van der Waals surface area contributed by atoms with E-state index >= 15 is 0 Å². The number of benzene rings is 1. The number of ether oxygens (including phenoxy) is 2. The molecule has 1 saturated heterocycles. The molecule has 1 aromatic carbocycles. The highest BCUT2D eigenvalue weighted by Gasteiger charge is 2.18. The average molecular weight is 328 g/mol. The summed E-state index contributed by atoms with van der Waals surface area (Å²) in [7, 11) is 0. The van der Waals surface area contributed by atoms with Crippen LogP contribution in [0.15, 0.2) is 18.2 Å². The molecular weight excluding hydrogens is 306 g/mol. The van der Waals surface area contributed by atoms with Gasteiger partial charge < -0.3 is 20.5 Å². The standard InChI is InChI=1S/C15H21N3O3.ClH/c16-11-3-5-18(6-4-11)10-15(19)17-12-1-2-13-14(9-12)21-8-7-20-13;/h1-2,9,11H,3-8,10,16H2,(H,17,19);1H. The number of carbonyl (C=O) groups is 1. The summed E-state index contributed by atoms with van der Waals surface area (Å²) < 4.78 is 11.0. The van der Waals surface area contributed by atoms with Gasteiger partial charge in [0.05, 0.1) is 6.54 Å². The molecule has 0 unspecified atom stereocenters. The van der Waals surface area contributed by atoms with Crippen LogP contribution in [0.3, 0.4) is 0 Å². The minimum Gasteiger partial charge on any atom is -0.486 e. The molecule has 3 rings (SSSR count). The quantitative estimate of drug-likeness (QED) is 0.873. The summed E-state index contributed by atoms with van der Waals surface area (Å²) in [5, 5.41) is 2.90. The van der Waals surface area contributed by atoms with Crippen LogP contribution < -0.4 is 20.5 Å². The molecule has 1 amide bonds. The van der Waals surface area contributed by atoms with Crippen molar-refractivity contribution >= 4 is 24.0 Å². The lowest BCUT2D eigenvalue weighted by molar-refractivity contribution is -0.117. The van der Waals surface area contributed by atoms with E-state index in [0.29, 0.717) is 25.5 Å². The molecule has 1 fully saturated rings. The number of anilines is 1. The first-order valence-corrected chi connectivity index (χ1v) is 7.38. The van der Waals surface area contributed by atoms with Crippen LogP contribution in [0.25, 0.3) is 0 Å². The maximum absolute atomic E-state index is 12.1. The summed E-state index contributed by atoms with van der Waals surface area (Å²) in [6.07, 6.45) is 1.91. The predicted octanol–water partition coefficient (Wildman–Crippen LogP) is 1.24. The fourth-order valence-electron chi connectivity index (χ4n) is 2.64. The van der Waals surface area contributed by atoms with Gasteiger partial charge in [-0.25, -0.2) is 0 Å². The first kappa shape index (κ1) is 16.9. The number of nitrogens with one attached hydrogen (secondary N) is 1. The first-order chi connectivity index (χ1) is 10.2. The Hall–Kier alpha value is -1.50. The van der Waals surface area contributed by atoms with E-state index < -0.39 is 0 Å². The van der Waals surface area contributed by atoms with E-state index in [1.54, 1.807) is 6.07 Å². The molecule has 7 heteroatoms. The van der Waals surface area contributed by atoms with E-state index in [1.165, 1.54) is 0 Å². The molecule has 0 saturated carbocycles. The molecule has 0 spiro atoms. The SMILES string of the molecule is Cl.NC1CCN(CC(=O)Nc2ccc3c(c2)OCCO3)CC1. The van der Waals surface area contributed by atoms with E-state index in [2.05, 4.69) is 10.2 Å². The predicted molar refractivity (Wildman–Crippen MR) is 87.0 cm³/mol. The summed E-state index contributed by atoms with van der Waals surface area (Å²) in [5.41, 5.74) is 6.60. The second-order valence-electron chi connectivity index (χ2n) is 5.52. The summed E-state index contributed by atoms with van der Waals surface area (Å²) >= 11 is 0. The normalized spacial score (nSPS) is 18.4. The van der Waals surface area contributed by atoms with Crippen molar-refractivity contribution in [2.75, 3.05) is 38.2 Å². The molecule has 22 heavy (non-hydrogen) atoms. The Morgan fingerprint density at radius 3 is 2.64 bits per heavy atom. The molecule has 2 heterocycles. The maximum atomic E-state index is 12.1. The highest BCUT2D eigenvalue weighted by Crippen LogP contribution is 2.32. The third kappa shape index (κ3) is 4.25. The molecule has 0 aliphatic carbocycles. The smallest absolute Gasteiger partial charge is 0.238 e. The van der Waals surface area contributed by atoms with Crippen molar-refractivity contribution < 1.29 is 14.3 Å². The average Bonchev–Trinajstić information content (AvgIpc) is 2.49. The van der Waals surface area contributed by atoms with Crippen molar-refractivity contribution in [2.24, 2.45) is 5.73 Å². The molecule has 0 bridgehead atoms. The van der Waals surface area contributed by atoms with Gasteiger partial charge in [0.1, 0.15) is 13.2 Å². The van der Waals surface area contributed by atoms with E-state index in [1.807, 2.05) is 12.1 Å². The number of likely N-dealkylation sites (tertiary alicyclic amines) is 1. The minimum absolute atomic E-state index is 0. The Balaban J connectivity index is 0.00000176. The number of nitrogens with two attached hydrogens (primary N) is 1. The van der Waals surface area contributed by atoms with Crippen molar-refractivity contribution in [3.05, 3.63) is 18.2 Å². The Kier molecular flexibility index (Phi) is 5.88. The molecule has 1 aromatic rings. The third-order valence-electron chi connectivity index (χ3n) is 3.83. The van der Waals surface area contributed by atoms with Gasteiger partial charge in [0.15, 0.2) is 11.5 Å². The van der Waals surface area contributed by atoms with E-state index in [0.717, 1.165) is 37.4 Å². The van der Waals surface area contributed by atoms with E-state index in [4.69, 9.17) is 15.2 Å². The van der Waals surface area contributed by atoms with Crippen LogP contribution in [0.4, 0.5) is 5.69 Å². The number of hydrogen-bond donors (Lipinski definition) is 2. The van der Waals surface area contributed by atoms with Gasteiger partial charge in [0.2, 0.25) is 5.91 Å². The highest BCUT2D eigenvalue weighted by molar-refractivity contribution is 5.92. The van der Waals surface area contributed by atoms with Gasteiger partial charge in [0, 0.05) is 30.9 Å². The lowest BCUT2D eigenvalue weighted by Gasteiger charge is -2.29. The second kappa shape index (κ2) is 7.67. The van der Waals surface area contributed by atoms with Crippen LogP contribution in [-0.4, -0.2) is 49.7 Å². The molecule has 0 aromatic heterocycles. The van der Waals surface area contributed by atoms with Crippen molar-refractivity contribution in [1.82, 2.24) is 4.90 Å². The largest absolute Gasteiger partial charge is 0.486 e. The Morgan fingerprint density at radius 1 is 1.23 bits per heavy atom. The van der Waals surface area contributed by atoms with E-state index in [9.17, 15) is 4.79 Å². The Bertz CT molecular complexity index is 519. The topological polar surface area (TPSA) is 76.8 Å². The minimum atomic E-state index is -0.0119. The van der Waals surface area contributed by atoms with Gasteiger partial charge in [-0.2, -0.15) is 0 Å². The van der Waals surface area contributed by atoms with Crippen molar-refractivity contribution in [3.8, 4) is 11.5 Å². The summed E-state index contributed by atoms with van der Waals surface area (Å²) in [4.78, 5) is 14.2. The molecular formula is C15H22ClN3O3. The number of fused-ring (bicyclic) bond motifs is 1. The number of carbonyl (C=O) groups excluding carboxylic acids is 1. The highest BCUT2D eigenvalue weighted by atomic mass is 35.5. The third-order valence-corrected chi connectivity index (χ3v) is 3.83. The van der Waals surface area contributed by atoms with Crippen molar-refractivity contribution in [2.45, 2.75) is 18.9 Å². The van der Waals surface area contributed by atoms with Gasteiger partial charge in [-0.1, -0.05) is 0 Å². The van der Waals surface area contributed by atoms with Gasteiger partial charge >= 0.3 is 0 Å². The van der Waals surface area contributed by atoms with Crippen LogP contribution in [0.2, 0.25) is 0 Å². The number of hydrogen-bond acceptors (Lipinski definition) is 5. The maximum Gasteiger partial charge on any atom is 0.238 e. The van der Waals surface area contributed by atoms with Gasteiger partial charge in [-0.05, 0) is 25.0 Å². The van der Waals surface area contributed by atoms with Crippen molar-refractivity contribution in [3.63, 3.8) is 0 Å². The number of rotatable bonds is 3. The van der Waals surface area contributed by atoms with Crippen molar-refractivity contribution in [1.29, 1.82) is 0 Å². The zero-order valence-electron chi connectivity index (χ0n) is 12.4. The first-order valence-electron chi connectivity index (χ1n) is 7.38. The van der Waals surface area contributed by atoms with Crippen LogP contribution >= 0.6 is 12.4 Å². The number of nitrogens with zero attached hydrogens (tertiary/aromatic N) is 1. The van der Waals surface area contributed by atoms with E-state index in [-0.39, 0.29) is 24.4 Å². The monoisotopic (exact) mass is 327 g/mol. The van der Waals surface area contributed by atoms with Crippen LogP contribution in [0.1, 0.15) is 12.8 Å². The molecule has 2 aliphatic rings. The lowest BCUT2D eigenvalue weighted by atomic mass is 10.1.